The summed E-state index contributed by atoms with van der Waals surface area (Å²) in [7, 11) is 0. The van der Waals surface area contributed by atoms with Crippen molar-refractivity contribution in [1.29, 1.82) is 0 Å². The highest BCUT2D eigenvalue weighted by Crippen LogP contribution is 2.27. The van der Waals surface area contributed by atoms with E-state index in [-0.39, 0.29) is 5.41 Å². The van der Waals surface area contributed by atoms with Crippen LogP contribution >= 0.6 is 0 Å². The molecule has 1 aromatic carbocycles. The van der Waals surface area contributed by atoms with Gasteiger partial charge in [-0.25, -0.2) is 0 Å². The van der Waals surface area contributed by atoms with Crippen LogP contribution in [0.1, 0.15) is 62.2 Å². The summed E-state index contributed by atoms with van der Waals surface area (Å²) in [5.74, 6) is 0.450. The molecule has 0 N–H and O–H groups in total. The van der Waals surface area contributed by atoms with Gasteiger partial charge in [0.25, 0.3) is 0 Å². The average Bonchev–Trinajstić information content (AvgIpc) is 2.35. The van der Waals surface area contributed by atoms with E-state index in [2.05, 4.69) is 46.8 Å². The lowest BCUT2D eigenvalue weighted by Gasteiger charge is -2.19. The summed E-state index contributed by atoms with van der Waals surface area (Å²) in [5, 5.41) is 0.953. The largest absolute Gasteiger partial charge is 0.298 e. The van der Waals surface area contributed by atoms with Gasteiger partial charge < -0.3 is 0 Å². The van der Waals surface area contributed by atoms with Gasteiger partial charge in [-0.1, -0.05) is 40.7 Å². The quantitative estimate of drug-likeness (QED) is 0.741. The van der Waals surface area contributed by atoms with Crippen LogP contribution in [0.25, 0.3) is 10.9 Å². The second kappa shape index (κ2) is 4.76. The fourth-order valence-corrected chi connectivity index (χ4v) is 2.11. The molecule has 100 valence electrons. The first-order valence-corrected chi connectivity index (χ1v) is 6.73. The summed E-state index contributed by atoms with van der Waals surface area (Å²) >= 11 is 0. The molecule has 0 aliphatic rings. The highest BCUT2D eigenvalue weighted by Gasteiger charge is 2.18. The molecule has 2 heteroatoms. The van der Waals surface area contributed by atoms with Crippen molar-refractivity contribution in [3.63, 3.8) is 0 Å². The fourth-order valence-electron chi connectivity index (χ4n) is 2.11. The topological polar surface area (TPSA) is 30.0 Å². The van der Waals surface area contributed by atoms with E-state index in [1.54, 1.807) is 0 Å². The third-order valence-electron chi connectivity index (χ3n) is 3.43. The van der Waals surface area contributed by atoms with Crippen molar-refractivity contribution in [2.45, 2.75) is 46.0 Å². The lowest BCUT2D eigenvalue weighted by molar-refractivity contribution is 0.112. The minimum Gasteiger partial charge on any atom is -0.298 e. The van der Waals surface area contributed by atoms with Gasteiger partial charge >= 0.3 is 0 Å². The third-order valence-corrected chi connectivity index (χ3v) is 3.43. The van der Waals surface area contributed by atoms with Crippen LogP contribution in [0.2, 0.25) is 0 Å². The van der Waals surface area contributed by atoms with Gasteiger partial charge in [-0.2, -0.15) is 0 Å². The summed E-state index contributed by atoms with van der Waals surface area (Å²) in [6.07, 6.45) is 0.934. The Morgan fingerprint density at radius 2 is 1.84 bits per heavy atom. The van der Waals surface area contributed by atoms with Crippen molar-refractivity contribution in [2.24, 2.45) is 0 Å². The van der Waals surface area contributed by atoms with Gasteiger partial charge in [0.1, 0.15) is 0 Å². The molecular formula is C17H21NO. The van der Waals surface area contributed by atoms with Crippen molar-refractivity contribution in [2.75, 3.05) is 0 Å². The predicted molar refractivity (Wildman–Crippen MR) is 79.9 cm³/mol. The number of fused-ring (bicyclic) bond motifs is 1. The van der Waals surface area contributed by atoms with Gasteiger partial charge in [-0.15, -0.1) is 0 Å². The number of rotatable bonds is 2. The molecule has 19 heavy (non-hydrogen) atoms. The van der Waals surface area contributed by atoms with E-state index < -0.39 is 0 Å². The maximum Gasteiger partial charge on any atom is 0.150 e. The van der Waals surface area contributed by atoms with Crippen molar-refractivity contribution in [3.8, 4) is 0 Å². The second-order valence-electron chi connectivity index (χ2n) is 6.40. The first kappa shape index (κ1) is 13.7. The predicted octanol–water partition coefficient (Wildman–Crippen LogP) is 4.47. The van der Waals surface area contributed by atoms with Gasteiger partial charge in [0.05, 0.1) is 5.52 Å². The first-order chi connectivity index (χ1) is 8.82. The van der Waals surface area contributed by atoms with Crippen molar-refractivity contribution in [3.05, 3.63) is 41.1 Å². The number of aromatic nitrogens is 1. The summed E-state index contributed by atoms with van der Waals surface area (Å²) in [6, 6.07) is 8.12. The zero-order valence-corrected chi connectivity index (χ0v) is 12.3. The highest BCUT2D eigenvalue weighted by molar-refractivity contribution is 5.96. The van der Waals surface area contributed by atoms with Crippen LogP contribution in [0.15, 0.2) is 24.3 Å². The standard InChI is InChI=1S/C17H21NO/c1-11(2)12-6-7-15-14(8-12)13(10-19)9-16(18-15)17(3,4)5/h6-11H,1-5H3. The molecule has 2 rings (SSSR count). The summed E-state index contributed by atoms with van der Waals surface area (Å²) in [6.45, 7) is 10.6. The van der Waals surface area contributed by atoms with Crippen LogP contribution in [0.4, 0.5) is 0 Å². The van der Waals surface area contributed by atoms with E-state index in [1.165, 1.54) is 5.56 Å². The molecule has 0 spiro atoms. The number of benzene rings is 1. The lowest BCUT2D eigenvalue weighted by atomic mass is 9.89. The fraction of sp³-hybridized carbons (Fsp3) is 0.412. The molecule has 0 bridgehead atoms. The number of hydrogen-bond acceptors (Lipinski definition) is 2. The Morgan fingerprint density at radius 3 is 2.37 bits per heavy atom. The minimum absolute atomic E-state index is 0.0529. The number of carbonyl (C=O) groups excluding carboxylic acids is 1. The molecule has 0 saturated heterocycles. The van der Waals surface area contributed by atoms with E-state index in [1.807, 2.05) is 12.1 Å². The Morgan fingerprint density at radius 1 is 1.16 bits per heavy atom. The monoisotopic (exact) mass is 255 g/mol. The summed E-state index contributed by atoms with van der Waals surface area (Å²) in [4.78, 5) is 16.0. The molecule has 2 nitrogen and oxygen atoms in total. The molecular weight excluding hydrogens is 234 g/mol. The third kappa shape index (κ3) is 2.67. The minimum atomic E-state index is -0.0529. The van der Waals surface area contributed by atoms with Crippen molar-refractivity contribution < 1.29 is 4.79 Å². The maximum atomic E-state index is 11.4. The molecule has 0 fully saturated rings. The molecule has 0 aliphatic heterocycles. The highest BCUT2D eigenvalue weighted by atomic mass is 16.1. The second-order valence-corrected chi connectivity index (χ2v) is 6.40. The normalized spacial score (nSPS) is 12.1. The Labute approximate surface area is 114 Å². The van der Waals surface area contributed by atoms with Crippen LogP contribution in [0, 0.1) is 0 Å². The summed E-state index contributed by atoms with van der Waals surface area (Å²) < 4.78 is 0. The van der Waals surface area contributed by atoms with Crippen LogP contribution in [0.5, 0.6) is 0 Å². The van der Waals surface area contributed by atoms with Gasteiger partial charge in [0.15, 0.2) is 6.29 Å². The number of nitrogens with zero attached hydrogens (tertiary/aromatic N) is 1. The lowest BCUT2D eigenvalue weighted by Crippen LogP contribution is -2.14. The first-order valence-electron chi connectivity index (χ1n) is 6.73. The van der Waals surface area contributed by atoms with E-state index in [9.17, 15) is 4.79 Å². The Hall–Kier alpha value is -1.70. The smallest absolute Gasteiger partial charge is 0.150 e. The Balaban J connectivity index is 2.73. The van der Waals surface area contributed by atoms with E-state index >= 15 is 0 Å². The number of hydrogen-bond donors (Lipinski definition) is 0. The average molecular weight is 255 g/mol. The zero-order valence-electron chi connectivity index (χ0n) is 12.3. The molecule has 0 radical (unpaired) electrons. The van der Waals surface area contributed by atoms with Crippen LogP contribution < -0.4 is 0 Å². The molecule has 1 aromatic heterocycles. The van der Waals surface area contributed by atoms with Crippen molar-refractivity contribution in [1.82, 2.24) is 4.98 Å². The van der Waals surface area contributed by atoms with E-state index in [0.29, 0.717) is 5.92 Å². The van der Waals surface area contributed by atoms with Gasteiger partial charge in [-0.05, 0) is 29.7 Å². The molecule has 0 atom stereocenters. The SMILES string of the molecule is CC(C)c1ccc2nc(C(C)(C)C)cc(C=O)c2c1. The zero-order chi connectivity index (χ0) is 14.2. The Kier molecular flexibility index (Phi) is 3.44. The van der Waals surface area contributed by atoms with Gasteiger partial charge in [0, 0.05) is 22.1 Å². The molecule has 1 heterocycles. The maximum absolute atomic E-state index is 11.4. The van der Waals surface area contributed by atoms with Crippen LogP contribution in [-0.2, 0) is 5.41 Å². The molecule has 0 amide bonds. The van der Waals surface area contributed by atoms with E-state index in [4.69, 9.17) is 4.98 Å². The van der Waals surface area contributed by atoms with Crippen molar-refractivity contribution >= 4 is 17.2 Å². The summed E-state index contributed by atoms with van der Waals surface area (Å²) in [5.41, 5.74) is 3.78. The molecule has 2 aromatic rings. The molecule has 0 saturated carbocycles. The number of carbonyl (C=O) groups is 1. The van der Waals surface area contributed by atoms with Crippen LogP contribution in [0.3, 0.4) is 0 Å². The van der Waals surface area contributed by atoms with E-state index in [0.717, 1.165) is 28.4 Å². The molecule has 0 aliphatic carbocycles. The Bertz CT molecular complexity index is 621. The number of aldehydes is 1. The van der Waals surface area contributed by atoms with Gasteiger partial charge in [0.2, 0.25) is 0 Å². The number of pyridine rings is 1. The van der Waals surface area contributed by atoms with Gasteiger partial charge in [-0.3, -0.25) is 9.78 Å². The molecule has 0 unspecified atom stereocenters. The van der Waals surface area contributed by atoms with Crippen LogP contribution in [-0.4, -0.2) is 11.3 Å².